The predicted molar refractivity (Wildman–Crippen MR) is 95.9 cm³/mol. The van der Waals surface area contributed by atoms with Gasteiger partial charge in [-0.2, -0.15) is 5.10 Å². The molecular weight excluding hydrogens is 316 g/mol. The van der Waals surface area contributed by atoms with Crippen molar-refractivity contribution < 1.29 is 9.53 Å². The van der Waals surface area contributed by atoms with Gasteiger partial charge in [0.05, 0.1) is 22.8 Å². The molecule has 4 nitrogen and oxygen atoms in total. The van der Waals surface area contributed by atoms with Crippen LogP contribution in [0.15, 0.2) is 29.4 Å². The van der Waals surface area contributed by atoms with Gasteiger partial charge in [0, 0.05) is 11.5 Å². The molecule has 22 heavy (non-hydrogen) atoms. The third-order valence-corrected chi connectivity index (χ3v) is 6.60. The zero-order valence-electron chi connectivity index (χ0n) is 13.2. The van der Waals surface area contributed by atoms with Crippen LogP contribution in [0.1, 0.15) is 32.8 Å². The Kier molecular flexibility index (Phi) is 6.20. The SMILES string of the molecule is CCOc1ccc(/C(C)=N\NC(=O)CC2(C)SCCS2)cc1. The Bertz CT molecular complexity index is 538. The Morgan fingerprint density at radius 1 is 1.32 bits per heavy atom. The van der Waals surface area contributed by atoms with Crippen molar-refractivity contribution >= 4 is 35.1 Å². The molecule has 1 aromatic carbocycles. The summed E-state index contributed by atoms with van der Waals surface area (Å²) >= 11 is 3.70. The summed E-state index contributed by atoms with van der Waals surface area (Å²) in [4.78, 5) is 12.0. The van der Waals surface area contributed by atoms with Gasteiger partial charge in [-0.15, -0.1) is 23.5 Å². The zero-order valence-corrected chi connectivity index (χ0v) is 14.9. The highest BCUT2D eigenvalue weighted by atomic mass is 32.2. The average molecular weight is 338 g/mol. The van der Waals surface area contributed by atoms with Gasteiger partial charge in [0.15, 0.2) is 0 Å². The lowest BCUT2D eigenvalue weighted by Gasteiger charge is -2.19. The standard InChI is InChI=1S/C16H22N2O2S2/c1-4-20-14-7-5-13(6-8-14)12(2)17-18-15(19)11-16(3)21-9-10-22-16/h5-8H,4,9-11H2,1-3H3,(H,18,19)/b17-12-. The number of thioether (sulfide) groups is 2. The number of carbonyl (C=O) groups excluding carboxylic acids is 1. The number of amides is 1. The normalized spacial score (nSPS) is 17.3. The van der Waals surface area contributed by atoms with Gasteiger partial charge >= 0.3 is 0 Å². The zero-order chi connectivity index (χ0) is 16.0. The maximum absolute atomic E-state index is 12.0. The molecule has 0 aliphatic carbocycles. The number of benzene rings is 1. The molecule has 0 bridgehead atoms. The summed E-state index contributed by atoms with van der Waals surface area (Å²) in [6.07, 6.45) is 0.488. The topological polar surface area (TPSA) is 50.7 Å². The molecular formula is C16H22N2O2S2. The van der Waals surface area contributed by atoms with Crippen LogP contribution in [0.3, 0.4) is 0 Å². The Balaban J connectivity index is 1.89. The van der Waals surface area contributed by atoms with Gasteiger partial charge in [-0.05, 0) is 50.6 Å². The maximum atomic E-state index is 12.0. The lowest BCUT2D eigenvalue weighted by atomic mass is 10.1. The minimum atomic E-state index is -0.0327. The second kappa shape index (κ2) is 7.92. The van der Waals surface area contributed by atoms with E-state index in [1.807, 2.05) is 61.6 Å². The number of hydrogen-bond acceptors (Lipinski definition) is 5. The summed E-state index contributed by atoms with van der Waals surface area (Å²) in [5, 5.41) is 4.20. The van der Waals surface area contributed by atoms with Crippen molar-refractivity contribution in [2.24, 2.45) is 5.10 Å². The van der Waals surface area contributed by atoms with Gasteiger partial charge in [0.1, 0.15) is 5.75 Å². The van der Waals surface area contributed by atoms with Crippen LogP contribution in [0.2, 0.25) is 0 Å². The predicted octanol–water partition coefficient (Wildman–Crippen LogP) is 3.51. The Morgan fingerprint density at radius 2 is 1.95 bits per heavy atom. The summed E-state index contributed by atoms with van der Waals surface area (Å²) in [6.45, 7) is 6.61. The molecule has 1 aromatic rings. The molecule has 6 heteroatoms. The molecule has 0 saturated carbocycles. The molecule has 1 aliphatic heterocycles. The summed E-state index contributed by atoms with van der Waals surface area (Å²) in [5.41, 5.74) is 4.42. The molecule has 1 N–H and O–H groups in total. The second-order valence-electron chi connectivity index (χ2n) is 5.20. The minimum absolute atomic E-state index is 0.00729. The first-order valence-corrected chi connectivity index (χ1v) is 9.34. The first kappa shape index (κ1) is 17.2. The molecule has 120 valence electrons. The molecule has 1 heterocycles. The monoisotopic (exact) mass is 338 g/mol. The Hall–Kier alpha value is -1.14. The fourth-order valence-corrected chi connectivity index (χ4v) is 4.99. The highest BCUT2D eigenvalue weighted by molar-refractivity contribution is 8.21. The van der Waals surface area contributed by atoms with E-state index in [2.05, 4.69) is 17.5 Å². The summed E-state index contributed by atoms with van der Waals surface area (Å²) in [7, 11) is 0. The highest BCUT2D eigenvalue weighted by Gasteiger charge is 2.32. The summed E-state index contributed by atoms with van der Waals surface area (Å²) < 4.78 is 5.40. The fraction of sp³-hybridized carbons (Fsp3) is 0.500. The quantitative estimate of drug-likeness (QED) is 0.637. The second-order valence-corrected chi connectivity index (χ2v) is 8.65. The van der Waals surface area contributed by atoms with Crippen LogP contribution in [-0.2, 0) is 4.79 Å². The average Bonchev–Trinajstić information content (AvgIpc) is 2.92. The van der Waals surface area contributed by atoms with Gasteiger partial charge < -0.3 is 4.74 Å². The van der Waals surface area contributed by atoms with Crippen molar-refractivity contribution in [2.45, 2.75) is 31.3 Å². The van der Waals surface area contributed by atoms with Crippen LogP contribution < -0.4 is 10.2 Å². The number of rotatable bonds is 6. The van der Waals surface area contributed by atoms with E-state index in [0.29, 0.717) is 13.0 Å². The van der Waals surface area contributed by atoms with E-state index in [0.717, 1.165) is 28.5 Å². The fourth-order valence-electron chi connectivity index (χ4n) is 2.16. The molecule has 1 saturated heterocycles. The third kappa shape index (κ3) is 4.95. The van der Waals surface area contributed by atoms with E-state index < -0.39 is 0 Å². The van der Waals surface area contributed by atoms with Crippen molar-refractivity contribution in [3.05, 3.63) is 29.8 Å². The number of hydrogen-bond donors (Lipinski definition) is 1. The van der Waals surface area contributed by atoms with E-state index in [1.165, 1.54) is 0 Å². The van der Waals surface area contributed by atoms with E-state index >= 15 is 0 Å². The molecule has 1 fully saturated rings. The first-order valence-electron chi connectivity index (χ1n) is 7.37. The lowest BCUT2D eigenvalue weighted by molar-refractivity contribution is -0.121. The molecule has 1 amide bonds. The van der Waals surface area contributed by atoms with E-state index in [4.69, 9.17) is 4.74 Å². The number of carbonyl (C=O) groups is 1. The van der Waals surface area contributed by atoms with Gasteiger partial charge in [-0.25, -0.2) is 5.43 Å². The van der Waals surface area contributed by atoms with Gasteiger partial charge in [-0.3, -0.25) is 4.79 Å². The molecule has 0 aromatic heterocycles. The van der Waals surface area contributed by atoms with Crippen molar-refractivity contribution in [3.63, 3.8) is 0 Å². The molecule has 0 unspecified atom stereocenters. The van der Waals surface area contributed by atoms with Crippen molar-refractivity contribution in [3.8, 4) is 5.75 Å². The van der Waals surface area contributed by atoms with E-state index in [9.17, 15) is 4.79 Å². The van der Waals surface area contributed by atoms with Crippen LogP contribution in [0.4, 0.5) is 0 Å². The summed E-state index contributed by atoms with van der Waals surface area (Å²) in [6, 6.07) is 7.71. The third-order valence-electron chi connectivity index (χ3n) is 3.31. The van der Waals surface area contributed by atoms with Crippen LogP contribution in [0.25, 0.3) is 0 Å². The molecule has 0 atom stereocenters. The number of nitrogens with one attached hydrogen (secondary N) is 1. The number of ether oxygens (including phenoxy) is 1. The van der Waals surface area contributed by atoms with Gasteiger partial charge in [0.25, 0.3) is 0 Å². The van der Waals surface area contributed by atoms with Gasteiger partial charge in [-0.1, -0.05) is 0 Å². The smallest absolute Gasteiger partial charge is 0.242 e. The highest BCUT2D eigenvalue weighted by Crippen LogP contribution is 2.45. The Morgan fingerprint density at radius 3 is 2.55 bits per heavy atom. The van der Waals surface area contributed by atoms with E-state index in [-0.39, 0.29) is 9.99 Å². The van der Waals surface area contributed by atoms with E-state index in [1.54, 1.807) is 0 Å². The van der Waals surface area contributed by atoms with Crippen LogP contribution >= 0.6 is 23.5 Å². The lowest BCUT2D eigenvalue weighted by Crippen LogP contribution is -2.26. The molecule has 0 spiro atoms. The first-order chi connectivity index (χ1) is 10.5. The molecule has 2 rings (SSSR count). The van der Waals surface area contributed by atoms with Crippen LogP contribution in [0.5, 0.6) is 5.75 Å². The summed E-state index contributed by atoms with van der Waals surface area (Å²) in [5.74, 6) is 3.03. The Labute approximate surface area is 140 Å². The molecule has 0 radical (unpaired) electrons. The number of hydrazone groups is 1. The van der Waals surface area contributed by atoms with Crippen molar-refractivity contribution in [1.82, 2.24) is 5.43 Å². The van der Waals surface area contributed by atoms with Crippen LogP contribution in [0, 0.1) is 0 Å². The largest absolute Gasteiger partial charge is 0.494 e. The van der Waals surface area contributed by atoms with Crippen LogP contribution in [-0.4, -0.2) is 33.8 Å². The molecule has 1 aliphatic rings. The van der Waals surface area contributed by atoms with Crippen molar-refractivity contribution in [2.75, 3.05) is 18.1 Å². The number of nitrogens with zero attached hydrogens (tertiary/aromatic N) is 1. The van der Waals surface area contributed by atoms with Crippen molar-refractivity contribution in [1.29, 1.82) is 0 Å². The maximum Gasteiger partial charge on any atom is 0.242 e. The van der Waals surface area contributed by atoms with Gasteiger partial charge in [0.2, 0.25) is 5.91 Å². The minimum Gasteiger partial charge on any atom is -0.494 e.